The number of hydrogen-bond donors (Lipinski definition) is 1. The third-order valence-electron chi connectivity index (χ3n) is 2.79. The quantitative estimate of drug-likeness (QED) is 0.498. The first kappa shape index (κ1) is 16.8. The van der Waals surface area contributed by atoms with E-state index in [9.17, 15) is 0 Å². The van der Waals surface area contributed by atoms with E-state index in [1.165, 1.54) is 19.3 Å². The summed E-state index contributed by atoms with van der Waals surface area (Å²) >= 11 is 0. The van der Waals surface area contributed by atoms with Gasteiger partial charge in [0, 0.05) is 40.4 Å². The highest BCUT2D eigenvalue weighted by atomic mass is 16.5. The summed E-state index contributed by atoms with van der Waals surface area (Å²) in [6.45, 7) is 9.04. The Morgan fingerprint density at radius 3 is 2.06 bits per heavy atom. The maximum Gasteiger partial charge on any atom is 0.0589 e. The summed E-state index contributed by atoms with van der Waals surface area (Å²) < 4.78 is 10.2. The van der Waals surface area contributed by atoms with E-state index in [0.29, 0.717) is 0 Å². The van der Waals surface area contributed by atoms with Crippen molar-refractivity contribution < 1.29 is 9.47 Å². The fourth-order valence-corrected chi connectivity index (χ4v) is 1.64. The number of rotatable bonds is 13. The van der Waals surface area contributed by atoms with Gasteiger partial charge in [0.25, 0.3) is 0 Å². The molecule has 104 valence electrons. The zero-order valence-electron chi connectivity index (χ0n) is 11.8. The average molecular weight is 246 g/mol. The van der Waals surface area contributed by atoms with E-state index >= 15 is 0 Å². The lowest BCUT2D eigenvalue weighted by molar-refractivity contribution is 0.114. The van der Waals surface area contributed by atoms with Crippen LogP contribution >= 0.6 is 0 Å². The van der Waals surface area contributed by atoms with E-state index in [-0.39, 0.29) is 0 Å². The van der Waals surface area contributed by atoms with Crippen LogP contribution in [0.3, 0.4) is 0 Å². The summed E-state index contributed by atoms with van der Waals surface area (Å²) in [5, 5.41) is 3.48. The molecule has 0 aliphatic carbocycles. The van der Waals surface area contributed by atoms with Crippen LogP contribution in [0.15, 0.2) is 0 Å². The molecule has 0 radical (unpaired) electrons. The number of nitrogens with zero attached hydrogens (tertiary/aromatic N) is 1. The monoisotopic (exact) mass is 246 g/mol. The molecule has 17 heavy (non-hydrogen) atoms. The summed E-state index contributed by atoms with van der Waals surface area (Å²) in [6.07, 6.45) is 3.90. The van der Waals surface area contributed by atoms with Gasteiger partial charge in [0.2, 0.25) is 0 Å². The van der Waals surface area contributed by atoms with Gasteiger partial charge in [-0.05, 0) is 13.0 Å². The van der Waals surface area contributed by atoms with E-state index in [0.717, 1.165) is 45.9 Å². The number of unbranched alkanes of at least 4 members (excludes halogenated alkanes) is 2. The van der Waals surface area contributed by atoms with Gasteiger partial charge < -0.3 is 14.8 Å². The molecule has 4 heteroatoms. The van der Waals surface area contributed by atoms with Crippen molar-refractivity contribution in [2.75, 3.05) is 60.2 Å². The smallest absolute Gasteiger partial charge is 0.0589 e. The van der Waals surface area contributed by atoms with Gasteiger partial charge in [-0.15, -0.1) is 0 Å². The molecule has 0 unspecified atom stereocenters. The van der Waals surface area contributed by atoms with Crippen molar-refractivity contribution in [3.63, 3.8) is 0 Å². The van der Waals surface area contributed by atoms with Crippen LogP contribution in [0, 0.1) is 0 Å². The van der Waals surface area contributed by atoms with Crippen molar-refractivity contribution in [3.05, 3.63) is 0 Å². The zero-order valence-corrected chi connectivity index (χ0v) is 11.8. The molecule has 0 saturated carbocycles. The fraction of sp³-hybridized carbons (Fsp3) is 1.00. The van der Waals surface area contributed by atoms with Crippen molar-refractivity contribution in [2.24, 2.45) is 0 Å². The Bertz CT molecular complexity index is 137. The molecule has 0 spiro atoms. The van der Waals surface area contributed by atoms with Gasteiger partial charge in [0.05, 0.1) is 13.2 Å². The normalized spacial score (nSPS) is 11.3. The minimum Gasteiger partial charge on any atom is -0.383 e. The van der Waals surface area contributed by atoms with Crippen LogP contribution in [-0.4, -0.2) is 65.1 Å². The summed E-state index contributed by atoms with van der Waals surface area (Å²) in [4.78, 5) is 2.37. The van der Waals surface area contributed by atoms with Crippen LogP contribution in [0.1, 0.15) is 26.2 Å². The second kappa shape index (κ2) is 13.9. The topological polar surface area (TPSA) is 33.7 Å². The Morgan fingerprint density at radius 2 is 1.53 bits per heavy atom. The van der Waals surface area contributed by atoms with Gasteiger partial charge in [-0.1, -0.05) is 19.8 Å². The largest absolute Gasteiger partial charge is 0.383 e. The van der Waals surface area contributed by atoms with Gasteiger partial charge in [0.15, 0.2) is 0 Å². The van der Waals surface area contributed by atoms with Crippen molar-refractivity contribution in [2.45, 2.75) is 26.2 Å². The van der Waals surface area contributed by atoms with E-state index in [2.05, 4.69) is 17.1 Å². The first-order valence-corrected chi connectivity index (χ1v) is 6.76. The molecular formula is C13H30N2O2. The highest BCUT2D eigenvalue weighted by Crippen LogP contribution is 1.92. The minimum absolute atomic E-state index is 0.791. The molecule has 0 saturated heterocycles. The third-order valence-corrected chi connectivity index (χ3v) is 2.79. The molecule has 0 fully saturated rings. The Morgan fingerprint density at radius 1 is 0.882 bits per heavy atom. The molecule has 0 aromatic rings. The van der Waals surface area contributed by atoms with Gasteiger partial charge in [-0.2, -0.15) is 0 Å². The molecule has 0 rings (SSSR count). The van der Waals surface area contributed by atoms with E-state index in [1.807, 2.05) is 0 Å². The molecule has 0 aliphatic heterocycles. The average Bonchev–Trinajstić information content (AvgIpc) is 2.35. The maximum absolute atomic E-state index is 5.11. The molecule has 0 aromatic carbocycles. The van der Waals surface area contributed by atoms with Gasteiger partial charge >= 0.3 is 0 Å². The Hall–Kier alpha value is -0.160. The minimum atomic E-state index is 0.791. The van der Waals surface area contributed by atoms with Crippen LogP contribution in [0.2, 0.25) is 0 Å². The molecule has 0 amide bonds. The molecule has 0 aliphatic rings. The standard InChI is InChI=1S/C13H30N2O2/c1-4-5-6-7-14-8-9-15(10-12-16-2)11-13-17-3/h14H,4-13H2,1-3H3. The molecule has 0 bridgehead atoms. The lowest BCUT2D eigenvalue weighted by atomic mass is 10.2. The SMILES string of the molecule is CCCCCNCCN(CCOC)CCOC. The zero-order chi connectivity index (χ0) is 12.8. The highest BCUT2D eigenvalue weighted by Gasteiger charge is 2.03. The second-order valence-electron chi connectivity index (χ2n) is 4.28. The molecule has 0 atom stereocenters. The number of nitrogens with one attached hydrogen (secondary N) is 1. The summed E-state index contributed by atoms with van der Waals surface area (Å²) in [7, 11) is 3.50. The summed E-state index contributed by atoms with van der Waals surface area (Å²) in [6, 6.07) is 0. The van der Waals surface area contributed by atoms with E-state index in [4.69, 9.17) is 9.47 Å². The van der Waals surface area contributed by atoms with Crippen molar-refractivity contribution in [1.82, 2.24) is 10.2 Å². The van der Waals surface area contributed by atoms with Crippen molar-refractivity contribution in [3.8, 4) is 0 Å². The lowest BCUT2D eigenvalue weighted by Crippen LogP contribution is -2.36. The van der Waals surface area contributed by atoms with Crippen LogP contribution < -0.4 is 5.32 Å². The second-order valence-corrected chi connectivity index (χ2v) is 4.28. The molecule has 0 heterocycles. The number of hydrogen-bond acceptors (Lipinski definition) is 4. The number of methoxy groups -OCH3 is 2. The molecule has 0 aromatic heterocycles. The lowest BCUT2D eigenvalue weighted by Gasteiger charge is -2.21. The third kappa shape index (κ3) is 12.1. The summed E-state index contributed by atoms with van der Waals surface area (Å²) in [5.74, 6) is 0. The van der Waals surface area contributed by atoms with Crippen LogP contribution in [-0.2, 0) is 9.47 Å². The Kier molecular flexibility index (Phi) is 13.8. The van der Waals surface area contributed by atoms with E-state index in [1.54, 1.807) is 14.2 Å². The molecule has 1 N–H and O–H groups in total. The highest BCUT2D eigenvalue weighted by molar-refractivity contribution is 4.59. The summed E-state index contributed by atoms with van der Waals surface area (Å²) in [5.41, 5.74) is 0. The maximum atomic E-state index is 5.11. The van der Waals surface area contributed by atoms with E-state index < -0.39 is 0 Å². The van der Waals surface area contributed by atoms with Crippen LogP contribution in [0.5, 0.6) is 0 Å². The predicted molar refractivity (Wildman–Crippen MR) is 72.6 cm³/mol. The van der Waals surface area contributed by atoms with Crippen molar-refractivity contribution >= 4 is 0 Å². The predicted octanol–water partition coefficient (Wildman–Crippen LogP) is 1.36. The Labute approximate surface area is 107 Å². The number of ether oxygens (including phenoxy) is 2. The van der Waals surface area contributed by atoms with Crippen LogP contribution in [0.25, 0.3) is 0 Å². The van der Waals surface area contributed by atoms with Crippen LogP contribution in [0.4, 0.5) is 0 Å². The Balaban J connectivity index is 3.45. The molecule has 4 nitrogen and oxygen atoms in total. The van der Waals surface area contributed by atoms with Crippen molar-refractivity contribution in [1.29, 1.82) is 0 Å². The first-order chi connectivity index (χ1) is 8.35. The van der Waals surface area contributed by atoms with Gasteiger partial charge in [-0.3, -0.25) is 4.90 Å². The first-order valence-electron chi connectivity index (χ1n) is 6.76. The van der Waals surface area contributed by atoms with Gasteiger partial charge in [0.1, 0.15) is 0 Å². The fourth-order valence-electron chi connectivity index (χ4n) is 1.64. The molecular weight excluding hydrogens is 216 g/mol. The van der Waals surface area contributed by atoms with Gasteiger partial charge in [-0.25, -0.2) is 0 Å².